The zero-order chi connectivity index (χ0) is 21.6. The quantitative estimate of drug-likeness (QED) is 0.276. The van der Waals surface area contributed by atoms with Crippen LogP contribution in [0.4, 0.5) is 0 Å². The number of unbranched alkanes of at least 4 members (excludes halogenated alkanes) is 2. The van der Waals surface area contributed by atoms with Crippen LogP contribution in [0.3, 0.4) is 0 Å². The Hall–Kier alpha value is -0.360. The van der Waals surface area contributed by atoms with E-state index in [9.17, 15) is 14.7 Å². The second kappa shape index (κ2) is 14.6. The monoisotopic (exact) mass is 446 g/mol. The predicted octanol–water partition coefficient (Wildman–Crippen LogP) is 6.42. The van der Waals surface area contributed by atoms with Crippen LogP contribution >= 0.6 is 23.5 Å². The van der Waals surface area contributed by atoms with Crippen molar-refractivity contribution in [1.29, 1.82) is 0 Å². The normalized spacial score (nSPS) is 19.4. The van der Waals surface area contributed by atoms with Gasteiger partial charge in [0.15, 0.2) is 0 Å². The Morgan fingerprint density at radius 2 is 1.21 bits per heavy atom. The second-order valence-electron chi connectivity index (χ2n) is 8.67. The van der Waals surface area contributed by atoms with E-state index in [1.165, 1.54) is 32.1 Å². The molecule has 29 heavy (non-hydrogen) atoms. The molecule has 0 aliphatic heterocycles. The lowest BCUT2D eigenvalue weighted by Crippen LogP contribution is -2.29. The molecule has 2 aliphatic carbocycles. The second-order valence-corrected chi connectivity index (χ2v) is 10.6. The van der Waals surface area contributed by atoms with Crippen LogP contribution in [0.1, 0.15) is 89.9 Å². The smallest absolute Gasteiger partial charge is 0.311 e. The highest BCUT2D eigenvalue weighted by atomic mass is 32.2. The van der Waals surface area contributed by atoms with Gasteiger partial charge in [-0.25, -0.2) is 0 Å². The summed E-state index contributed by atoms with van der Waals surface area (Å²) in [7, 11) is 1.52. The topological polar surface area (TPSA) is 63.6 Å². The van der Waals surface area contributed by atoms with Crippen LogP contribution in [0.2, 0.25) is 0 Å². The maximum absolute atomic E-state index is 11.8. The van der Waals surface area contributed by atoms with E-state index in [0.717, 1.165) is 76.4 Å². The zero-order valence-electron chi connectivity index (χ0n) is 18.8. The molecule has 2 saturated carbocycles. The minimum absolute atomic E-state index is 0.0316. The summed E-state index contributed by atoms with van der Waals surface area (Å²) in [5.41, 5.74) is -0.467. The fourth-order valence-corrected chi connectivity index (χ4v) is 5.85. The molecule has 2 rings (SSSR count). The first-order chi connectivity index (χ1) is 14.0. The Labute approximate surface area is 186 Å². The van der Waals surface area contributed by atoms with E-state index in [1.807, 2.05) is 23.5 Å². The van der Waals surface area contributed by atoms with Gasteiger partial charge >= 0.3 is 11.9 Å². The fraction of sp³-hybridized carbons (Fsp3) is 0.913. The highest BCUT2D eigenvalue weighted by Gasteiger charge is 2.41. The first-order valence-electron chi connectivity index (χ1n) is 11.3. The minimum atomic E-state index is -0.556. The van der Waals surface area contributed by atoms with E-state index < -0.39 is 5.97 Å². The summed E-state index contributed by atoms with van der Waals surface area (Å²) in [6.45, 7) is 0. The number of carboxylic acid groups (broad SMARTS) is 1. The molecule has 0 aromatic rings. The molecule has 0 aromatic carbocycles. The lowest BCUT2D eigenvalue weighted by molar-refractivity contribution is -0.153. The van der Waals surface area contributed by atoms with Crippen molar-refractivity contribution >= 4 is 35.5 Å². The summed E-state index contributed by atoms with van der Waals surface area (Å²) >= 11 is 3.72. The summed E-state index contributed by atoms with van der Waals surface area (Å²) in [4.78, 5) is 23.0. The van der Waals surface area contributed by atoms with Crippen LogP contribution in [-0.2, 0) is 14.3 Å². The average molecular weight is 447 g/mol. The number of aliphatic carboxylic acids is 1. The standard InChI is InChI=1S/C12H22O2S.C11H20O2S/c1-14-11(13)12(7-3-4-8-12)9-5-6-10-15-2;1-14-9-5-4-8-11(10(12)13)6-2-3-7-11/h3-10H2,1-2H3;2-9H2,1H3,(H,12,13). The van der Waals surface area contributed by atoms with Crippen LogP contribution in [0.15, 0.2) is 0 Å². The first kappa shape index (κ1) is 26.7. The number of hydrogen-bond acceptors (Lipinski definition) is 5. The third-order valence-electron chi connectivity index (χ3n) is 6.70. The molecule has 0 atom stereocenters. The number of carbonyl (C=O) groups excluding carboxylic acids is 1. The Kier molecular flexibility index (Phi) is 13.4. The van der Waals surface area contributed by atoms with Crippen molar-refractivity contribution < 1.29 is 19.4 Å². The van der Waals surface area contributed by atoms with Crippen molar-refractivity contribution in [2.75, 3.05) is 31.1 Å². The molecular formula is C23H42O4S2. The molecule has 1 N–H and O–H groups in total. The minimum Gasteiger partial charge on any atom is -0.481 e. The van der Waals surface area contributed by atoms with E-state index in [-0.39, 0.29) is 16.8 Å². The molecular weight excluding hydrogens is 404 g/mol. The van der Waals surface area contributed by atoms with Crippen molar-refractivity contribution in [3.63, 3.8) is 0 Å². The molecule has 0 bridgehead atoms. The number of hydrogen-bond donors (Lipinski definition) is 1. The van der Waals surface area contributed by atoms with Crippen molar-refractivity contribution in [3.05, 3.63) is 0 Å². The van der Waals surface area contributed by atoms with Crippen molar-refractivity contribution in [2.24, 2.45) is 10.8 Å². The maximum atomic E-state index is 11.8. The van der Waals surface area contributed by atoms with E-state index in [4.69, 9.17) is 4.74 Å². The molecule has 4 nitrogen and oxygen atoms in total. The van der Waals surface area contributed by atoms with E-state index >= 15 is 0 Å². The Balaban J connectivity index is 0.000000291. The number of rotatable bonds is 12. The number of thioether (sulfide) groups is 2. The molecule has 0 spiro atoms. The Bertz CT molecular complexity index is 469. The van der Waals surface area contributed by atoms with Gasteiger partial charge in [-0.1, -0.05) is 38.5 Å². The van der Waals surface area contributed by atoms with Gasteiger partial charge < -0.3 is 9.84 Å². The van der Waals surface area contributed by atoms with Crippen LogP contribution < -0.4 is 0 Å². The lowest BCUT2D eigenvalue weighted by atomic mass is 9.81. The van der Waals surface area contributed by atoms with Gasteiger partial charge in [-0.05, 0) is 75.4 Å². The van der Waals surface area contributed by atoms with Gasteiger partial charge in [0.2, 0.25) is 0 Å². The van der Waals surface area contributed by atoms with Crippen LogP contribution in [-0.4, -0.2) is 48.2 Å². The van der Waals surface area contributed by atoms with E-state index in [0.29, 0.717) is 0 Å². The average Bonchev–Trinajstić information content (AvgIpc) is 3.40. The molecule has 0 unspecified atom stereocenters. The van der Waals surface area contributed by atoms with E-state index in [2.05, 4.69) is 12.5 Å². The number of methoxy groups -OCH3 is 1. The van der Waals surface area contributed by atoms with Crippen molar-refractivity contribution in [3.8, 4) is 0 Å². The molecule has 6 heteroatoms. The molecule has 0 amide bonds. The number of ether oxygens (including phenoxy) is 1. The number of esters is 1. The molecule has 0 radical (unpaired) electrons. The van der Waals surface area contributed by atoms with Crippen LogP contribution in [0.25, 0.3) is 0 Å². The van der Waals surface area contributed by atoms with Gasteiger partial charge in [0, 0.05) is 0 Å². The number of carbonyl (C=O) groups is 2. The summed E-state index contributed by atoms with van der Waals surface area (Å²) in [5.74, 6) is 1.84. The summed E-state index contributed by atoms with van der Waals surface area (Å²) < 4.78 is 4.95. The van der Waals surface area contributed by atoms with Crippen LogP contribution in [0.5, 0.6) is 0 Å². The van der Waals surface area contributed by atoms with Gasteiger partial charge in [-0.2, -0.15) is 23.5 Å². The Morgan fingerprint density at radius 3 is 1.59 bits per heavy atom. The SMILES string of the molecule is COC(=O)C1(CCCCSC)CCCC1.CSCCCCC1(C(=O)O)CCCC1. The molecule has 0 saturated heterocycles. The molecule has 0 aromatic heterocycles. The Morgan fingerprint density at radius 1 is 0.793 bits per heavy atom. The van der Waals surface area contributed by atoms with Gasteiger partial charge in [0.1, 0.15) is 0 Å². The third kappa shape index (κ3) is 8.72. The van der Waals surface area contributed by atoms with Gasteiger partial charge in [0.25, 0.3) is 0 Å². The first-order valence-corrected chi connectivity index (χ1v) is 14.0. The highest BCUT2D eigenvalue weighted by molar-refractivity contribution is 7.98. The lowest BCUT2D eigenvalue weighted by Gasteiger charge is -2.25. The van der Waals surface area contributed by atoms with E-state index in [1.54, 1.807) is 0 Å². The van der Waals surface area contributed by atoms with Crippen molar-refractivity contribution in [2.45, 2.75) is 89.9 Å². The third-order valence-corrected chi connectivity index (χ3v) is 8.09. The van der Waals surface area contributed by atoms with Gasteiger partial charge in [-0.15, -0.1) is 0 Å². The number of carboxylic acids is 1. The van der Waals surface area contributed by atoms with Gasteiger partial charge in [0.05, 0.1) is 17.9 Å². The van der Waals surface area contributed by atoms with Crippen LogP contribution in [0, 0.1) is 10.8 Å². The summed E-state index contributed by atoms with van der Waals surface area (Å²) in [6.07, 6.45) is 19.3. The summed E-state index contributed by atoms with van der Waals surface area (Å²) in [6, 6.07) is 0. The molecule has 0 heterocycles. The summed E-state index contributed by atoms with van der Waals surface area (Å²) in [5, 5.41) is 9.22. The van der Waals surface area contributed by atoms with Crippen molar-refractivity contribution in [1.82, 2.24) is 0 Å². The largest absolute Gasteiger partial charge is 0.481 e. The molecule has 170 valence electrons. The molecule has 2 aliphatic rings. The molecule has 2 fully saturated rings. The zero-order valence-corrected chi connectivity index (χ0v) is 20.4. The fourth-order valence-electron chi connectivity index (χ4n) is 4.87. The van der Waals surface area contributed by atoms with Gasteiger partial charge in [-0.3, -0.25) is 9.59 Å². The maximum Gasteiger partial charge on any atom is 0.311 e. The highest BCUT2D eigenvalue weighted by Crippen LogP contribution is 2.43. The predicted molar refractivity (Wildman–Crippen MR) is 126 cm³/mol.